The third-order valence-electron chi connectivity index (χ3n) is 3.23. The van der Waals surface area contributed by atoms with Gasteiger partial charge in [0.1, 0.15) is 5.75 Å². The molecule has 0 aliphatic carbocycles. The predicted molar refractivity (Wildman–Crippen MR) is 95.5 cm³/mol. The number of phenolic OH excluding ortho intramolecular Hbond substituents is 1. The second-order valence-corrected chi connectivity index (χ2v) is 4.97. The molecule has 0 spiro atoms. The molecule has 1 N–H and O–H groups in total. The number of rotatable bonds is 6. The van der Waals surface area contributed by atoms with Crippen molar-refractivity contribution >= 4 is 11.6 Å². The van der Waals surface area contributed by atoms with Crippen molar-refractivity contribution in [2.45, 2.75) is 13.8 Å². The Morgan fingerprint density at radius 3 is 2.48 bits per heavy atom. The van der Waals surface area contributed by atoms with Gasteiger partial charge in [-0.3, -0.25) is 4.79 Å². The second-order valence-electron chi connectivity index (χ2n) is 4.97. The Morgan fingerprint density at radius 2 is 1.91 bits per heavy atom. The molecule has 1 aromatic carbocycles. The van der Waals surface area contributed by atoms with Crippen LogP contribution < -0.4 is 0 Å². The molecule has 120 valence electrons. The summed E-state index contributed by atoms with van der Waals surface area (Å²) in [5.74, 6) is -0.437. The summed E-state index contributed by atoms with van der Waals surface area (Å²) in [5.41, 5.74) is 2.70. The summed E-state index contributed by atoms with van der Waals surface area (Å²) in [6.45, 7) is 11.1. The van der Waals surface area contributed by atoms with Gasteiger partial charge in [0.05, 0.1) is 11.3 Å². The Morgan fingerprint density at radius 1 is 1.26 bits per heavy atom. The van der Waals surface area contributed by atoms with Crippen LogP contribution in [0.2, 0.25) is 0 Å². The van der Waals surface area contributed by atoms with Gasteiger partial charge >= 0.3 is 0 Å². The quantitative estimate of drug-likeness (QED) is 0.489. The summed E-state index contributed by atoms with van der Waals surface area (Å²) < 4.78 is 0. The van der Waals surface area contributed by atoms with Crippen molar-refractivity contribution in [1.82, 2.24) is 5.01 Å². The molecule has 1 aromatic rings. The minimum Gasteiger partial charge on any atom is -0.507 e. The Balaban J connectivity index is 3.01. The summed E-state index contributed by atoms with van der Waals surface area (Å²) in [5, 5.41) is 15.2. The van der Waals surface area contributed by atoms with Gasteiger partial charge < -0.3 is 5.11 Å². The lowest BCUT2D eigenvalue weighted by Gasteiger charge is -2.14. The lowest BCUT2D eigenvalue weighted by Crippen LogP contribution is -2.22. The number of amides is 1. The molecule has 0 fully saturated rings. The van der Waals surface area contributed by atoms with Crippen molar-refractivity contribution in [3.05, 3.63) is 78.4 Å². The lowest BCUT2D eigenvalue weighted by atomic mass is 10.1. The maximum Gasteiger partial charge on any atom is 0.277 e. The molecule has 0 atom stereocenters. The molecule has 0 saturated carbocycles. The van der Waals surface area contributed by atoms with Gasteiger partial charge in [-0.05, 0) is 37.1 Å². The molecule has 1 amide bonds. The molecular formula is C19H22N2O2. The molecule has 4 heteroatoms. The normalized spacial score (nSPS) is 12.7. The first-order valence-electron chi connectivity index (χ1n) is 7.15. The summed E-state index contributed by atoms with van der Waals surface area (Å²) in [7, 11) is 1.56. The number of benzene rings is 1. The summed E-state index contributed by atoms with van der Waals surface area (Å²) in [6, 6.07) is 6.39. The van der Waals surface area contributed by atoms with Crippen LogP contribution in [0, 0.1) is 0 Å². The number of carbonyl (C=O) groups is 1. The fourth-order valence-corrected chi connectivity index (χ4v) is 1.84. The Hall–Kier alpha value is -2.88. The zero-order valence-electron chi connectivity index (χ0n) is 13.8. The lowest BCUT2D eigenvalue weighted by molar-refractivity contribution is 0.0796. The van der Waals surface area contributed by atoms with Crippen molar-refractivity contribution in [3.63, 3.8) is 0 Å². The highest BCUT2D eigenvalue weighted by Crippen LogP contribution is 2.17. The molecule has 0 aliphatic heterocycles. The molecule has 0 bridgehead atoms. The highest BCUT2D eigenvalue weighted by atomic mass is 16.3. The molecule has 0 heterocycles. The number of phenols is 1. The van der Waals surface area contributed by atoms with E-state index in [0.29, 0.717) is 5.71 Å². The molecule has 0 aliphatic rings. The van der Waals surface area contributed by atoms with Crippen LogP contribution in [0.3, 0.4) is 0 Å². The van der Waals surface area contributed by atoms with Gasteiger partial charge in [-0.15, -0.1) is 0 Å². The topological polar surface area (TPSA) is 52.9 Å². The maximum atomic E-state index is 12.3. The van der Waals surface area contributed by atoms with Gasteiger partial charge in [0.25, 0.3) is 5.91 Å². The van der Waals surface area contributed by atoms with Crippen LogP contribution in [0.5, 0.6) is 5.75 Å². The van der Waals surface area contributed by atoms with E-state index in [9.17, 15) is 9.90 Å². The SMILES string of the molecule is C=C/C=C(C=C)/C=C(C)\C(C)=N/N(C)C(=O)c1ccccc1O. The van der Waals surface area contributed by atoms with Crippen LogP contribution in [-0.2, 0) is 0 Å². The van der Waals surface area contributed by atoms with Crippen molar-refractivity contribution < 1.29 is 9.90 Å². The van der Waals surface area contributed by atoms with E-state index in [-0.39, 0.29) is 17.2 Å². The van der Waals surface area contributed by atoms with Gasteiger partial charge in [0, 0.05) is 7.05 Å². The summed E-state index contributed by atoms with van der Waals surface area (Å²) in [6.07, 6.45) is 7.14. The van der Waals surface area contributed by atoms with Crippen molar-refractivity contribution in [2.75, 3.05) is 7.05 Å². The fourth-order valence-electron chi connectivity index (χ4n) is 1.84. The number of para-hydroxylation sites is 1. The van der Waals surface area contributed by atoms with Crippen LogP contribution >= 0.6 is 0 Å². The number of hydrogen-bond donors (Lipinski definition) is 1. The molecule has 0 aromatic heterocycles. The average Bonchev–Trinajstić information content (AvgIpc) is 2.53. The minimum atomic E-state index is -0.374. The number of allylic oxidation sites excluding steroid dienone is 6. The van der Waals surface area contributed by atoms with Crippen molar-refractivity contribution in [3.8, 4) is 5.75 Å². The molecule has 0 radical (unpaired) electrons. The van der Waals surface area contributed by atoms with E-state index in [4.69, 9.17) is 0 Å². The van der Waals surface area contributed by atoms with E-state index in [1.54, 1.807) is 37.4 Å². The molecule has 0 saturated heterocycles. The van der Waals surface area contributed by atoms with E-state index in [0.717, 1.165) is 11.1 Å². The smallest absolute Gasteiger partial charge is 0.277 e. The first-order valence-corrected chi connectivity index (χ1v) is 7.15. The number of carbonyl (C=O) groups excluding carboxylic acids is 1. The zero-order chi connectivity index (χ0) is 17.4. The van der Waals surface area contributed by atoms with E-state index < -0.39 is 0 Å². The van der Waals surface area contributed by atoms with E-state index in [1.807, 2.05) is 26.0 Å². The Labute approximate surface area is 137 Å². The van der Waals surface area contributed by atoms with Gasteiger partial charge in [-0.25, -0.2) is 5.01 Å². The monoisotopic (exact) mass is 310 g/mol. The standard InChI is InChI=1S/C19H22N2O2/c1-6-10-16(7-2)13-14(3)15(4)20-21(5)19(23)17-11-8-9-12-18(17)22/h6-13,22H,1-2H2,3-5H3/b14-13-,16-10+,20-15-. The molecule has 23 heavy (non-hydrogen) atoms. The minimum absolute atomic E-state index is 0.0627. The predicted octanol–water partition coefficient (Wildman–Crippen LogP) is 4.08. The van der Waals surface area contributed by atoms with Crippen LogP contribution in [0.4, 0.5) is 0 Å². The van der Waals surface area contributed by atoms with Gasteiger partial charge in [-0.1, -0.05) is 49.6 Å². The van der Waals surface area contributed by atoms with E-state index >= 15 is 0 Å². The number of hydrogen-bond acceptors (Lipinski definition) is 3. The van der Waals surface area contributed by atoms with Gasteiger partial charge in [0.15, 0.2) is 0 Å². The van der Waals surface area contributed by atoms with Crippen molar-refractivity contribution in [2.24, 2.45) is 5.10 Å². The van der Waals surface area contributed by atoms with Crippen LogP contribution in [0.15, 0.2) is 78.0 Å². The fraction of sp³-hybridized carbons (Fsp3) is 0.158. The average molecular weight is 310 g/mol. The third kappa shape index (κ3) is 5.11. The first kappa shape index (κ1) is 18.2. The largest absolute Gasteiger partial charge is 0.507 e. The molecule has 0 unspecified atom stereocenters. The van der Waals surface area contributed by atoms with Gasteiger partial charge in [-0.2, -0.15) is 5.10 Å². The number of hydrazone groups is 1. The number of aromatic hydroxyl groups is 1. The zero-order valence-corrected chi connectivity index (χ0v) is 13.8. The summed E-state index contributed by atoms with van der Waals surface area (Å²) in [4.78, 5) is 12.3. The van der Waals surface area contributed by atoms with E-state index in [2.05, 4.69) is 18.3 Å². The van der Waals surface area contributed by atoms with E-state index in [1.165, 1.54) is 11.1 Å². The second kappa shape index (κ2) is 8.54. The highest BCUT2D eigenvalue weighted by Gasteiger charge is 2.15. The van der Waals surface area contributed by atoms with Crippen LogP contribution in [0.25, 0.3) is 0 Å². The molecule has 4 nitrogen and oxygen atoms in total. The Kier molecular flexibility index (Phi) is 6.74. The molecular weight excluding hydrogens is 288 g/mol. The number of nitrogens with zero attached hydrogens (tertiary/aromatic N) is 2. The highest BCUT2D eigenvalue weighted by molar-refractivity contribution is 6.01. The summed E-state index contributed by atoms with van der Waals surface area (Å²) >= 11 is 0. The van der Waals surface area contributed by atoms with Crippen LogP contribution in [-0.4, -0.2) is 28.8 Å². The third-order valence-corrected chi connectivity index (χ3v) is 3.23. The van der Waals surface area contributed by atoms with Crippen LogP contribution in [0.1, 0.15) is 24.2 Å². The van der Waals surface area contributed by atoms with Crippen molar-refractivity contribution in [1.29, 1.82) is 0 Å². The molecule has 1 rings (SSSR count). The Bertz CT molecular complexity index is 697. The van der Waals surface area contributed by atoms with Gasteiger partial charge in [0.2, 0.25) is 0 Å². The first-order chi connectivity index (χ1) is 10.9. The maximum absolute atomic E-state index is 12.3.